The third-order valence-electron chi connectivity index (χ3n) is 0. The van der Waals surface area contributed by atoms with Crippen LogP contribution in [0.1, 0.15) is 0 Å². The first-order valence-corrected chi connectivity index (χ1v) is 0. The van der Waals surface area contributed by atoms with E-state index in [4.69, 9.17) is 0 Å². The molecule has 0 nitrogen and oxygen atoms in total. The van der Waals surface area contributed by atoms with Gasteiger partial charge in [-0.1, -0.05) is 0 Å². The van der Waals surface area contributed by atoms with Gasteiger partial charge in [0.15, 0.2) is 0 Å². The van der Waals surface area contributed by atoms with Gasteiger partial charge in [-0.3, -0.25) is 0 Å². The van der Waals surface area contributed by atoms with Gasteiger partial charge in [0.1, 0.15) is 0 Å². The predicted octanol–water partition coefficient (Wildman–Crippen LogP) is -3.56. The molecule has 0 spiro atoms. The maximum atomic E-state index is 0. The zero-order chi connectivity index (χ0) is 0. The fourth-order valence-corrected chi connectivity index (χ4v) is 0. The summed E-state index contributed by atoms with van der Waals surface area (Å²) in [6.07, 6.45) is 0. The van der Waals surface area contributed by atoms with Crippen LogP contribution in [-0.2, 0) is 36.5 Å². The van der Waals surface area contributed by atoms with E-state index in [1.165, 1.54) is 0 Å². The zero-order valence-electron chi connectivity index (χ0n) is 2.42. The van der Waals surface area contributed by atoms with Gasteiger partial charge in [0.2, 0.25) is 0 Å². The van der Waals surface area contributed by atoms with Gasteiger partial charge in [0, 0.05) is 36.5 Å². The topological polar surface area (TPSA) is 0 Å². The van der Waals surface area contributed by atoms with Crippen LogP contribution in [0.15, 0.2) is 0 Å². The Morgan fingerprint density at radius 3 is 1.00 bits per heavy atom. The largest absolute Gasteiger partial charge is 0 e. The molecule has 1 unspecified atom stereocenters. The molecule has 0 aromatic carbocycles. The van der Waals surface area contributed by atoms with Crippen molar-refractivity contribution in [2.45, 2.75) is 0 Å². The van der Waals surface area contributed by atoms with E-state index >= 15 is 0 Å². The molecule has 0 bridgehead atoms. The van der Waals surface area contributed by atoms with E-state index in [1.54, 1.807) is 0 Å². The number of hydrogen-bond acceptors (Lipinski definition) is 0. The average molecular weight is 493 g/mol. The Balaban J connectivity index is 0. The molecule has 0 saturated heterocycles. The summed E-state index contributed by atoms with van der Waals surface area (Å²) >= 11 is 0. The van der Waals surface area contributed by atoms with Crippen LogP contribution in [-0.4, -0.2) is 62.8 Å². The minimum Gasteiger partial charge on any atom is 0 e. The second-order valence-electron chi connectivity index (χ2n) is 0. The fraction of sp³-hybridized carbons (Fsp3) is 0. The van der Waals surface area contributed by atoms with E-state index in [0.29, 0.717) is 0 Å². The van der Waals surface area contributed by atoms with Gasteiger partial charge in [0.25, 0.3) is 0 Å². The molecule has 5 heteroatoms. The molecule has 5 heavy (non-hydrogen) atoms. The molecule has 0 heterocycles. The van der Waals surface area contributed by atoms with Crippen LogP contribution in [0.25, 0.3) is 0 Å². The molecule has 0 aliphatic heterocycles. The molecule has 0 aliphatic rings. The Morgan fingerprint density at radius 2 is 1.00 bits per heavy atom. The van der Waals surface area contributed by atoms with E-state index < -0.39 is 0 Å². The fourth-order valence-electron chi connectivity index (χ4n) is 0. The van der Waals surface area contributed by atoms with E-state index in [2.05, 4.69) is 0 Å². The third kappa shape index (κ3) is 19.1. The molecule has 0 rings (SSSR count). The van der Waals surface area contributed by atoms with Gasteiger partial charge in [-0.15, -0.1) is 0 Å². The Hall–Kier alpha value is 3.17. The Morgan fingerprint density at radius 1 is 1.00 bits per heavy atom. The molecule has 0 saturated carbocycles. The van der Waals surface area contributed by atoms with E-state index in [0.717, 1.165) is 0 Å². The summed E-state index contributed by atoms with van der Waals surface area (Å²) in [4.78, 5) is 0. The van der Waals surface area contributed by atoms with Gasteiger partial charge >= 0.3 is 62.8 Å². The van der Waals surface area contributed by atoms with Gasteiger partial charge in [-0.05, 0) is 0 Å². The Labute approximate surface area is 97.7 Å². The van der Waals surface area contributed by atoms with Crippen molar-refractivity contribution in [3.05, 3.63) is 0 Å². The van der Waals surface area contributed by atoms with Crippen LogP contribution in [0.4, 0.5) is 0 Å². The predicted molar refractivity (Wildman–Crippen MR) is 29.8 cm³/mol. The quantitative estimate of drug-likeness (QED) is 0.307. The van der Waals surface area contributed by atoms with Crippen molar-refractivity contribution in [2.24, 2.45) is 0 Å². The number of hydrogen-bond donors (Lipinski definition) is 0. The summed E-state index contributed by atoms with van der Waals surface area (Å²) in [5.74, 6) is 0. The Bertz CT molecular complexity index is 11.6. The van der Waals surface area contributed by atoms with E-state index in [-0.39, 0.29) is 99.4 Å². The smallest absolute Gasteiger partial charge is 0 e. The van der Waals surface area contributed by atoms with E-state index in [1.807, 2.05) is 0 Å². The van der Waals surface area contributed by atoms with Crippen LogP contribution < -0.4 is 0 Å². The molecular weight excluding hydrogens is 484 g/mol. The summed E-state index contributed by atoms with van der Waals surface area (Å²) in [6, 6.07) is 0. The maximum absolute atomic E-state index is 0. The standard InChI is InChI=1S/AsH3.Cu.GeH4.Pb.Zn.2H/h1H3;;1H4;;;;. The van der Waals surface area contributed by atoms with Gasteiger partial charge < -0.3 is 0 Å². The Kier molecular flexibility index (Phi) is 227. The first kappa shape index (κ1) is 41.8. The van der Waals surface area contributed by atoms with Crippen LogP contribution >= 0.6 is 0 Å². The normalized spacial score (nSPS) is 0. The first-order valence-electron chi connectivity index (χ1n) is 0. The van der Waals surface area contributed by atoms with Gasteiger partial charge in [0.05, 0.1) is 0 Å². The molecule has 0 fully saturated rings. The van der Waals surface area contributed by atoms with Crippen molar-refractivity contribution in [1.82, 2.24) is 0 Å². The molecule has 0 amide bonds. The van der Waals surface area contributed by atoms with Crippen molar-refractivity contribution < 1.29 is 36.5 Å². The second-order valence-corrected chi connectivity index (χ2v) is 0. The summed E-state index contributed by atoms with van der Waals surface area (Å²) in [7, 11) is 0. The van der Waals surface area contributed by atoms with Crippen molar-refractivity contribution in [2.75, 3.05) is 0 Å². The van der Waals surface area contributed by atoms with Crippen LogP contribution in [0.5, 0.6) is 0 Å². The van der Waals surface area contributed by atoms with Crippen LogP contribution in [0.3, 0.4) is 0 Å². The van der Waals surface area contributed by atoms with Gasteiger partial charge in [-0.25, -0.2) is 0 Å². The van der Waals surface area contributed by atoms with Crippen LogP contribution in [0, 0.1) is 0 Å². The molecule has 0 aliphatic carbocycles. The first-order chi connectivity index (χ1) is 0. The summed E-state index contributed by atoms with van der Waals surface area (Å²) < 4.78 is 0. The molecule has 1 atom stereocenters. The monoisotopic (exact) mass is 493 g/mol. The summed E-state index contributed by atoms with van der Waals surface area (Å²) in [6.45, 7) is 0. The minimum atomic E-state index is 0. The average Bonchev–Trinajstić information content (AvgIpc) is 0. The van der Waals surface area contributed by atoms with Gasteiger partial charge in [-0.2, -0.15) is 0 Å². The van der Waals surface area contributed by atoms with Crippen molar-refractivity contribution >= 4 is 62.8 Å². The molecule has 3 radical (unpaired) electrons. The number of rotatable bonds is 0. The second kappa shape index (κ2) is 27.2. The van der Waals surface area contributed by atoms with Crippen molar-refractivity contribution in [3.8, 4) is 0 Å². The molecule has 35 valence electrons. The molecular formula is H9AsCuGePbZn. The van der Waals surface area contributed by atoms with Crippen molar-refractivity contribution in [3.63, 3.8) is 0 Å². The molecule has 0 aromatic heterocycles. The van der Waals surface area contributed by atoms with E-state index in [9.17, 15) is 0 Å². The summed E-state index contributed by atoms with van der Waals surface area (Å²) in [5.41, 5.74) is 0. The van der Waals surface area contributed by atoms with Crippen molar-refractivity contribution in [1.29, 1.82) is 0 Å². The molecule has 0 aromatic rings. The summed E-state index contributed by atoms with van der Waals surface area (Å²) in [5, 5.41) is 0. The third-order valence-corrected chi connectivity index (χ3v) is 0. The SMILES string of the molecule is [AsH3].[Cu].[GeH4].[PbH2].[Zn]. The maximum Gasteiger partial charge on any atom is 0 e. The zero-order valence-corrected chi connectivity index (χ0v) is 14.8. The minimum absolute atomic E-state index is 0. The van der Waals surface area contributed by atoms with Crippen LogP contribution in [0.2, 0.25) is 0 Å². The molecule has 0 N–H and O–H groups in total.